The summed E-state index contributed by atoms with van der Waals surface area (Å²) < 4.78 is 4.81. The van der Waals surface area contributed by atoms with Crippen LogP contribution in [0.25, 0.3) is 83.6 Å². The molecule has 2 aliphatic rings. The predicted molar refractivity (Wildman–Crippen MR) is 279 cm³/mol. The molecule has 14 rings (SSSR count). The maximum absolute atomic E-state index is 5.32. The van der Waals surface area contributed by atoms with E-state index in [0.717, 1.165) is 33.8 Å². The molecule has 0 aliphatic heterocycles. The third-order valence-corrected chi connectivity index (χ3v) is 14.6. The summed E-state index contributed by atoms with van der Waals surface area (Å²) in [7, 11) is 0. The van der Waals surface area contributed by atoms with Gasteiger partial charge >= 0.3 is 0 Å². The molecule has 2 aliphatic carbocycles. The fraction of sp³-hybridized carbons (Fsp3) is 0.0308. The van der Waals surface area contributed by atoms with Crippen molar-refractivity contribution >= 4 is 21.8 Å². The van der Waals surface area contributed by atoms with Crippen LogP contribution in [0.15, 0.2) is 255 Å². The maximum Gasteiger partial charge on any atom is 0.210 e. The lowest BCUT2D eigenvalue weighted by Crippen LogP contribution is -2.38. The van der Waals surface area contributed by atoms with E-state index >= 15 is 0 Å². The van der Waals surface area contributed by atoms with Crippen molar-refractivity contribution < 1.29 is 4.57 Å². The minimum atomic E-state index is -0.679. The van der Waals surface area contributed by atoms with Crippen LogP contribution in [0.4, 0.5) is 0 Å². The van der Waals surface area contributed by atoms with Crippen LogP contribution in [0.5, 0.6) is 0 Å². The molecule has 0 radical (unpaired) electrons. The number of pyridine rings is 1. The summed E-state index contributed by atoms with van der Waals surface area (Å²) in [6, 6.07) is 88.2. The minimum Gasteiger partial charge on any atom is -0.309 e. The van der Waals surface area contributed by atoms with Crippen molar-refractivity contribution in [2.45, 2.75) is 11.5 Å². The van der Waals surface area contributed by atoms with Crippen LogP contribution in [0.1, 0.15) is 39.4 Å². The summed E-state index contributed by atoms with van der Waals surface area (Å²) in [4.78, 5) is 10.6. The number of hydrogen-bond donors (Lipinski definition) is 0. The summed E-state index contributed by atoms with van der Waals surface area (Å²) in [5, 5.41) is 2.52. The Morgan fingerprint density at radius 3 is 1.67 bits per heavy atom. The SMILES string of the molecule is c1ccc(-c2cc(-c3ccccc3)nc(-c3cccc(C4(c5ccc6c(c5)-c5c(ccc7c5c5ccccc5n7-c5ccccc5)C6[n+]5ccccc5)c5ccccc5-c5ccccc54)c3)n2)cc1. The monoisotopic (exact) mass is 879 g/mol. The molecule has 0 spiro atoms. The van der Waals surface area contributed by atoms with Crippen LogP contribution in [0.3, 0.4) is 0 Å². The molecule has 9 aromatic carbocycles. The second-order valence-corrected chi connectivity index (χ2v) is 18.3. The molecule has 1 unspecified atom stereocenters. The smallest absolute Gasteiger partial charge is 0.210 e. The zero-order valence-corrected chi connectivity index (χ0v) is 37.6. The van der Waals surface area contributed by atoms with Gasteiger partial charge in [-0.1, -0.05) is 182 Å². The first-order valence-electron chi connectivity index (χ1n) is 23.8. The molecule has 1 atom stereocenters. The normalized spacial score (nSPS) is 14.1. The van der Waals surface area contributed by atoms with Crippen LogP contribution in [0.2, 0.25) is 0 Å². The number of para-hydroxylation sites is 2. The first kappa shape index (κ1) is 39.2. The predicted octanol–water partition coefficient (Wildman–Crippen LogP) is 14.8. The average Bonchev–Trinajstić information content (AvgIpc) is 4.06. The zero-order valence-electron chi connectivity index (χ0n) is 37.6. The molecule has 0 saturated carbocycles. The second kappa shape index (κ2) is 15.5. The summed E-state index contributed by atoms with van der Waals surface area (Å²) >= 11 is 0. The molecule has 0 amide bonds. The standard InChI is InChI=1S/C65H43N4/c1-5-20-43(21-6-1)57-42-58(44-22-7-2-8-23-44)67-64(66-57)45-24-19-25-46(40-45)65(55-31-14-11-28-49(55)50-29-12-15-32-56(50)65)47-34-35-51-54(41-47)61-53(63(51)68-38-17-4-18-39-68)36-37-60-62(61)52-30-13-16-33-59(52)69(60)48-26-9-3-10-27-48/h1-42,63H/q+1. The van der Waals surface area contributed by atoms with E-state index in [0.29, 0.717) is 5.82 Å². The summed E-state index contributed by atoms with van der Waals surface area (Å²) in [6.45, 7) is 0. The number of benzene rings is 9. The van der Waals surface area contributed by atoms with Gasteiger partial charge in [0, 0.05) is 62.0 Å². The summed E-state index contributed by atoms with van der Waals surface area (Å²) in [6.07, 6.45) is 4.42. The topological polar surface area (TPSA) is 34.6 Å². The van der Waals surface area contributed by atoms with Gasteiger partial charge in [-0.25, -0.2) is 9.97 Å². The van der Waals surface area contributed by atoms with Crippen LogP contribution in [-0.4, -0.2) is 14.5 Å². The molecule has 0 N–H and O–H groups in total. The molecule has 3 aromatic heterocycles. The lowest BCUT2D eigenvalue weighted by Gasteiger charge is -2.34. The highest BCUT2D eigenvalue weighted by atomic mass is 15.0. The summed E-state index contributed by atoms with van der Waals surface area (Å²) in [5.41, 5.74) is 20.3. The third kappa shape index (κ3) is 5.92. The van der Waals surface area contributed by atoms with Crippen molar-refractivity contribution in [1.29, 1.82) is 0 Å². The molecule has 0 saturated heterocycles. The summed E-state index contributed by atoms with van der Waals surface area (Å²) in [5.74, 6) is 0.689. The van der Waals surface area contributed by atoms with Crippen molar-refractivity contribution in [1.82, 2.24) is 14.5 Å². The molecule has 0 bridgehead atoms. The first-order chi connectivity index (χ1) is 34.2. The van der Waals surface area contributed by atoms with Gasteiger partial charge in [0.15, 0.2) is 18.2 Å². The Balaban J connectivity index is 1.05. The lowest BCUT2D eigenvalue weighted by atomic mass is 9.67. The Morgan fingerprint density at radius 2 is 0.971 bits per heavy atom. The molecular formula is C65H43N4+. The fourth-order valence-corrected chi connectivity index (χ4v) is 11.8. The Morgan fingerprint density at radius 1 is 0.406 bits per heavy atom. The van der Waals surface area contributed by atoms with Crippen LogP contribution >= 0.6 is 0 Å². The number of nitrogens with zero attached hydrogens (tertiary/aromatic N) is 4. The largest absolute Gasteiger partial charge is 0.309 e. The number of fused-ring (bicyclic) bond motifs is 10. The minimum absolute atomic E-state index is 0.0104. The Kier molecular flexibility index (Phi) is 8.83. The molecule has 3 heterocycles. The van der Waals surface area contributed by atoms with Crippen LogP contribution in [0, 0.1) is 0 Å². The van der Waals surface area contributed by atoms with Gasteiger partial charge in [0.2, 0.25) is 6.04 Å². The van der Waals surface area contributed by atoms with Gasteiger partial charge in [-0.2, -0.15) is 4.57 Å². The molecule has 4 heteroatoms. The van der Waals surface area contributed by atoms with E-state index in [-0.39, 0.29) is 6.04 Å². The van der Waals surface area contributed by atoms with Crippen LogP contribution < -0.4 is 4.57 Å². The van der Waals surface area contributed by atoms with E-state index in [9.17, 15) is 0 Å². The van der Waals surface area contributed by atoms with Crippen molar-refractivity contribution in [2.24, 2.45) is 0 Å². The van der Waals surface area contributed by atoms with Gasteiger partial charge in [0.25, 0.3) is 0 Å². The van der Waals surface area contributed by atoms with E-state index in [4.69, 9.17) is 9.97 Å². The Bertz CT molecular complexity index is 3850. The van der Waals surface area contributed by atoms with Gasteiger partial charge in [-0.05, 0) is 87.5 Å². The second-order valence-electron chi connectivity index (χ2n) is 18.3. The zero-order chi connectivity index (χ0) is 45.5. The number of aromatic nitrogens is 4. The van der Waals surface area contributed by atoms with Gasteiger partial charge in [0.1, 0.15) is 0 Å². The first-order valence-corrected chi connectivity index (χ1v) is 23.8. The van der Waals surface area contributed by atoms with Crippen molar-refractivity contribution in [3.63, 3.8) is 0 Å². The van der Waals surface area contributed by atoms with Gasteiger partial charge in [-0.3, -0.25) is 0 Å². The van der Waals surface area contributed by atoms with E-state index in [1.54, 1.807) is 0 Å². The highest BCUT2D eigenvalue weighted by Crippen LogP contribution is 2.58. The highest BCUT2D eigenvalue weighted by Gasteiger charge is 2.47. The molecule has 12 aromatic rings. The number of hydrogen-bond acceptors (Lipinski definition) is 2. The van der Waals surface area contributed by atoms with Gasteiger partial charge in [0.05, 0.1) is 27.8 Å². The van der Waals surface area contributed by atoms with Gasteiger partial charge < -0.3 is 4.57 Å². The lowest BCUT2D eigenvalue weighted by molar-refractivity contribution is -0.704. The van der Waals surface area contributed by atoms with Gasteiger partial charge in [-0.15, -0.1) is 0 Å². The molecule has 69 heavy (non-hydrogen) atoms. The van der Waals surface area contributed by atoms with Crippen LogP contribution in [-0.2, 0) is 5.41 Å². The van der Waals surface area contributed by atoms with Crippen molar-refractivity contribution in [2.75, 3.05) is 0 Å². The average molecular weight is 880 g/mol. The van der Waals surface area contributed by atoms with E-state index in [2.05, 4.69) is 252 Å². The fourth-order valence-electron chi connectivity index (χ4n) is 11.8. The Hall–Kier alpha value is -8.99. The maximum atomic E-state index is 5.32. The highest BCUT2D eigenvalue weighted by molar-refractivity contribution is 6.17. The van der Waals surface area contributed by atoms with E-state index < -0.39 is 5.41 Å². The molecule has 4 nitrogen and oxygen atoms in total. The molecule has 0 fully saturated rings. The van der Waals surface area contributed by atoms with E-state index in [1.165, 1.54) is 77.4 Å². The molecular weight excluding hydrogens is 837 g/mol. The van der Waals surface area contributed by atoms with Crippen molar-refractivity contribution in [3.05, 3.63) is 288 Å². The van der Waals surface area contributed by atoms with E-state index in [1.807, 2.05) is 12.1 Å². The number of rotatable bonds is 7. The quantitative estimate of drug-likeness (QED) is 0.150. The molecule has 322 valence electrons. The van der Waals surface area contributed by atoms with Crippen molar-refractivity contribution in [3.8, 4) is 61.8 Å². The third-order valence-electron chi connectivity index (χ3n) is 14.6. The Labute approximate surface area is 400 Å².